The van der Waals surface area contributed by atoms with Crippen LogP contribution in [0.15, 0.2) is 48.0 Å². The molecule has 0 amide bonds. The van der Waals surface area contributed by atoms with Gasteiger partial charge in [-0.05, 0) is 26.0 Å². The van der Waals surface area contributed by atoms with Crippen LogP contribution in [0.25, 0.3) is 0 Å². The standard InChI is InChI=1S/C16H21N3S/c1-5-10-20-16-9-7-6-8-15(16)17-12(2)14-11-19(4)18-13(14)3/h5-9,11-12,17H,1,10H2,2-4H3. The molecule has 0 spiro atoms. The Labute approximate surface area is 125 Å². The van der Waals surface area contributed by atoms with E-state index in [2.05, 4.69) is 54.4 Å². The van der Waals surface area contributed by atoms with Gasteiger partial charge in [0.1, 0.15) is 0 Å². The van der Waals surface area contributed by atoms with Crippen molar-refractivity contribution in [3.63, 3.8) is 0 Å². The Morgan fingerprint density at radius 3 is 2.85 bits per heavy atom. The van der Waals surface area contributed by atoms with Crippen molar-refractivity contribution in [3.05, 3.63) is 54.4 Å². The van der Waals surface area contributed by atoms with E-state index in [1.165, 1.54) is 10.5 Å². The molecule has 1 atom stereocenters. The average molecular weight is 287 g/mol. The van der Waals surface area contributed by atoms with Gasteiger partial charge in [-0.3, -0.25) is 4.68 Å². The third-order valence-corrected chi connectivity index (χ3v) is 4.20. The van der Waals surface area contributed by atoms with Crippen molar-refractivity contribution in [1.29, 1.82) is 0 Å². The maximum Gasteiger partial charge on any atom is 0.0646 e. The first-order valence-electron chi connectivity index (χ1n) is 6.71. The maximum atomic E-state index is 4.40. The van der Waals surface area contributed by atoms with Crippen molar-refractivity contribution in [2.75, 3.05) is 11.1 Å². The summed E-state index contributed by atoms with van der Waals surface area (Å²) in [7, 11) is 1.96. The molecule has 0 bridgehead atoms. The summed E-state index contributed by atoms with van der Waals surface area (Å²) in [5.41, 5.74) is 3.47. The summed E-state index contributed by atoms with van der Waals surface area (Å²) < 4.78 is 1.86. The minimum atomic E-state index is 0.231. The number of hydrogen-bond acceptors (Lipinski definition) is 3. The Hall–Kier alpha value is -1.68. The number of hydrogen-bond donors (Lipinski definition) is 1. The normalized spacial score (nSPS) is 12.2. The van der Waals surface area contributed by atoms with E-state index in [4.69, 9.17) is 0 Å². The lowest BCUT2D eigenvalue weighted by atomic mass is 10.1. The lowest BCUT2D eigenvalue weighted by Crippen LogP contribution is -2.07. The van der Waals surface area contributed by atoms with Crippen LogP contribution in [-0.4, -0.2) is 15.5 Å². The fourth-order valence-corrected chi connectivity index (χ4v) is 2.97. The Morgan fingerprint density at radius 1 is 1.45 bits per heavy atom. The van der Waals surface area contributed by atoms with Gasteiger partial charge in [0.05, 0.1) is 11.7 Å². The molecule has 0 aliphatic rings. The highest BCUT2D eigenvalue weighted by Crippen LogP contribution is 2.30. The summed E-state index contributed by atoms with van der Waals surface area (Å²) in [6.45, 7) is 7.99. The number of anilines is 1. The van der Waals surface area contributed by atoms with E-state index in [1.807, 2.05) is 24.7 Å². The zero-order valence-corrected chi connectivity index (χ0v) is 13.1. The van der Waals surface area contributed by atoms with Gasteiger partial charge in [-0.15, -0.1) is 18.3 Å². The van der Waals surface area contributed by atoms with Crippen LogP contribution in [-0.2, 0) is 7.05 Å². The highest BCUT2D eigenvalue weighted by atomic mass is 32.2. The smallest absolute Gasteiger partial charge is 0.0646 e. The van der Waals surface area contributed by atoms with Gasteiger partial charge in [0, 0.05) is 35.1 Å². The quantitative estimate of drug-likeness (QED) is 0.638. The van der Waals surface area contributed by atoms with E-state index in [9.17, 15) is 0 Å². The molecule has 0 aliphatic carbocycles. The van der Waals surface area contributed by atoms with E-state index in [0.29, 0.717) is 0 Å². The van der Waals surface area contributed by atoms with Crippen LogP contribution in [0.2, 0.25) is 0 Å². The minimum Gasteiger partial charge on any atom is -0.377 e. The number of nitrogens with zero attached hydrogens (tertiary/aromatic N) is 2. The lowest BCUT2D eigenvalue weighted by Gasteiger charge is -2.17. The van der Waals surface area contributed by atoms with Crippen LogP contribution in [0.3, 0.4) is 0 Å². The largest absolute Gasteiger partial charge is 0.377 e. The first-order valence-corrected chi connectivity index (χ1v) is 7.69. The van der Waals surface area contributed by atoms with Crippen molar-refractivity contribution in [1.82, 2.24) is 9.78 Å². The van der Waals surface area contributed by atoms with Gasteiger partial charge >= 0.3 is 0 Å². The molecular formula is C16H21N3S. The monoisotopic (exact) mass is 287 g/mol. The Bertz CT molecular complexity index is 589. The van der Waals surface area contributed by atoms with E-state index < -0.39 is 0 Å². The summed E-state index contributed by atoms with van der Waals surface area (Å²) in [5.74, 6) is 0.916. The SMILES string of the molecule is C=CCSc1ccccc1NC(C)c1cn(C)nc1C. The number of rotatable bonds is 6. The average Bonchev–Trinajstić information content (AvgIpc) is 2.77. The van der Waals surface area contributed by atoms with Crippen molar-refractivity contribution < 1.29 is 0 Å². The molecule has 0 aliphatic heterocycles. The number of benzene rings is 1. The van der Waals surface area contributed by atoms with Crippen molar-refractivity contribution in [2.45, 2.75) is 24.8 Å². The van der Waals surface area contributed by atoms with Gasteiger partial charge in [0.25, 0.3) is 0 Å². The summed E-state index contributed by atoms with van der Waals surface area (Å²) in [5, 5.41) is 7.99. The molecule has 2 rings (SSSR count). The van der Waals surface area contributed by atoms with Gasteiger partial charge in [-0.1, -0.05) is 18.2 Å². The van der Waals surface area contributed by atoms with Gasteiger partial charge < -0.3 is 5.32 Å². The maximum absolute atomic E-state index is 4.40. The Balaban J connectivity index is 2.17. The number of nitrogens with one attached hydrogen (secondary N) is 1. The molecule has 1 aromatic carbocycles. The third kappa shape index (κ3) is 3.45. The van der Waals surface area contributed by atoms with Crippen LogP contribution < -0.4 is 5.32 Å². The second kappa shape index (κ2) is 6.66. The van der Waals surface area contributed by atoms with Crippen LogP contribution in [0.1, 0.15) is 24.2 Å². The molecule has 20 heavy (non-hydrogen) atoms. The van der Waals surface area contributed by atoms with Crippen molar-refractivity contribution in [3.8, 4) is 0 Å². The summed E-state index contributed by atoms with van der Waals surface area (Å²) in [6, 6.07) is 8.61. The molecule has 1 N–H and O–H groups in total. The van der Waals surface area contributed by atoms with Gasteiger partial charge in [0.15, 0.2) is 0 Å². The first-order chi connectivity index (χ1) is 9.61. The molecule has 1 heterocycles. The van der Waals surface area contributed by atoms with Gasteiger partial charge in [-0.2, -0.15) is 5.10 Å². The molecule has 106 valence electrons. The summed E-state index contributed by atoms with van der Waals surface area (Å²) >= 11 is 1.79. The predicted octanol–water partition coefficient (Wildman–Crippen LogP) is 4.18. The number of para-hydroxylation sites is 1. The van der Waals surface area contributed by atoms with Gasteiger partial charge in [-0.25, -0.2) is 0 Å². The van der Waals surface area contributed by atoms with E-state index in [0.717, 1.165) is 17.1 Å². The fraction of sp³-hybridized carbons (Fsp3) is 0.312. The van der Waals surface area contributed by atoms with E-state index in [1.54, 1.807) is 11.8 Å². The zero-order valence-electron chi connectivity index (χ0n) is 12.3. The summed E-state index contributed by atoms with van der Waals surface area (Å²) in [4.78, 5) is 1.25. The topological polar surface area (TPSA) is 29.9 Å². The van der Waals surface area contributed by atoms with Crippen LogP contribution >= 0.6 is 11.8 Å². The van der Waals surface area contributed by atoms with Crippen LogP contribution in [0.4, 0.5) is 5.69 Å². The van der Waals surface area contributed by atoms with E-state index >= 15 is 0 Å². The number of aryl methyl sites for hydroxylation is 2. The molecule has 1 aromatic heterocycles. The molecule has 2 aromatic rings. The fourth-order valence-electron chi connectivity index (χ4n) is 2.21. The summed E-state index contributed by atoms with van der Waals surface area (Å²) in [6.07, 6.45) is 4.00. The molecule has 0 saturated carbocycles. The minimum absolute atomic E-state index is 0.231. The zero-order chi connectivity index (χ0) is 14.5. The van der Waals surface area contributed by atoms with Crippen molar-refractivity contribution >= 4 is 17.4 Å². The Kier molecular flexibility index (Phi) is 4.90. The van der Waals surface area contributed by atoms with Crippen molar-refractivity contribution in [2.24, 2.45) is 7.05 Å². The molecule has 4 heteroatoms. The predicted molar refractivity (Wildman–Crippen MR) is 87.3 cm³/mol. The second-order valence-corrected chi connectivity index (χ2v) is 5.87. The highest BCUT2D eigenvalue weighted by Gasteiger charge is 2.13. The molecule has 3 nitrogen and oxygen atoms in total. The molecule has 1 unspecified atom stereocenters. The number of aromatic nitrogens is 2. The molecule has 0 saturated heterocycles. The molecule has 0 fully saturated rings. The lowest BCUT2D eigenvalue weighted by molar-refractivity contribution is 0.756. The molecular weight excluding hydrogens is 266 g/mol. The third-order valence-electron chi connectivity index (χ3n) is 3.13. The first kappa shape index (κ1) is 14.7. The molecule has 0 radical (unpaired) electrons. The van der Waals surface area contributed by atoms with E-state index in [-0.39, 0.29) is 6.04 Å². The van der Waals surface area contributed by atoms with Gasteiger partial charge in [0.2, 0.25) is 0 Å². The van der Waals surface area contributed by atoms with Crippen LogP contribution in [0.5, 0.6) is 0 Å². The second-order valence-electron chi connectivity index (χ2n) is 4.81. The number of thioether (sulfide) groups is 1. The van der Waals surface area contributed by atoms with Crippen LogP contribution in [0, 0.1) is 6.92 Å². The Morgan fingerprint density at radius 2 is 2.20 bits per heavy atom. The highest BCUT2D eigenvalue weighted by molar-refractivity contribution is 7.99.